The Bertz CT molecular complexity index is 327. The lowest BCUT2D eigenvalue weighted by atomic mass is 9.96. The molecule has 2 atom stereocenters. The fourth-order valence-corrected chi connectivity index (χ4v) is 3.04. The van der Waals surface area contributed by atoms with Gasteiger partial charge in [-0.1, -0.05) is 45.4 Å². The maximum atomic E-state index is 11.7. The molecule has 4 heteroatoms. The SMILES string of the molecule is CCCCC1CC(CCCCCCCCC(=O)OC)OC1=O. The summed E-state index contributed by atoms with van der Waals surface area (Å²) in [5, 5.41) is 0. The Balaban J connectivity index is 1.95. The van der Waals surface area contributed by atoms with Crippen LogP contribution in [0, 0.1) is 5.92 Å². The number of cyclic esters (lactones) is 1. The molecule has 0 bridgehead atoms. The minimum Gasteiger partial charge on any atom is -0.469 e. The molecule has 1 heterocycles. The molecule has 0 aromatic rings. The first-order valence-corrected chi connectivity index (χ1v) is 8.94. The number of rotatable bonds is 12. The summed E-state index contributed by atoms with van der Waals surface area (Å²) >= 11 is 0. The van der Waals surface area contributed by atoms with Gasteiger partial charge in [0.05, 0.1) is 13.0 Å². The van der Waals surface area contributed by atoms with E-state index in [9.17, 15) is 9.59 Å². The highest BCUT2D eigenvalue weighted by atomic mass is 16.6. The fraction of sp³-hybridized carbons (Fsp3) is 0.889. The molecule has 0 amide bonds. The lowest BCUT2D eigenvalue weighted by Crippen LogP contribution is -2.07. The van der Waals surface area contributed by atoms with Crippen molar-refractivity contribution in [1.29, 1.82) is 0 Å². The van der Waals surface area contributed by atoms with Crippen LogP contribution >= 0.6 is 0 Å². The second-order valence-electron chi connectivity index (χ2n) is 6.37. The lowest BCUT2D eigenvalue weighted by molar-refractivity contribution is -0.144. The van der Waals surface area contributed by atoms with Crippen molar-refractivity contribution in [2.75, 3.05) is 7.11 Å². The lowest BCUT2D eigenvalue weighted by Gasteiger charge is -2.08. The maximum Gasteiger partial charge on any atom is 0.309 e. The minimum atomic E-state index is -0.110. The molecule has 128 valence electrons. The van der Waals surface area contributed by atoms with Gasteiger partial charge < -0.3 is 9.47 Å². The molecule has 1 rings (SSSR count). The summed E-state index contributed by atoms with van der Waals surface area (Å²) in [6.45, 7) is 2.16. The van der Waals surface area contributed by atoms with E-state index in [0.29, 0.717) is 6.42 Å². The first-order chi connectivity index (χ1) is 10.7. The standard InChI is InChI=1S/C18H32O4/c1-3-4-11-15-14-16(22-18(15)20)12-9-7-5-6-8-10-13-17(19)21-2/h15-16H,3-14H2,1-2H3. The number of hydrogen-bond donors (Lipinski definition) is 0. The van der Waals surface area contributed by atoms with E-state index < -0.39 is 0 Å². The summed E-state index contributed by atoms with van der Waals surface area (Å²) in [5.74, 6) is 0.0743. The molecule has 1 fully saturated rings. The fourth-order valence-electron chi connectivity index (χ4n) is 3.04. The van der Waals surface area contributed by atoms with Crippen LogP contribution in [0.3, 0.4) is 0 Å². The Labute approximate surface area is 134 Å². The van der Waals surface area contributed by atoms with Gasteiger partial charge in [0.15, 0.2) is 0 Å². The van der Waals surface area contributed by atoms with E-state index in [1.807, 2.05) is 0 Å². The average molecular weight is 312 g/mol. The number of methoxy groups -OCH3 is 1. The van der Waals surface area contributed by atoms with Gasteiger partial charge in [-0.25, -0.2) is 0 Å². The quantitative estimate of drug-likeness (QED) is 0.396. The zero-order valence-electron chi connectivity index (χ0n) is 14.3. The van der Waals surface area contributed by atoms with E-state index in [2.05, 4.69) is 11.7 Å². The monoisotopic (exact) mass is 312 g/mol. The number of unbranched alkanes of at least 4 members (excludes halogenated alkanes) is 6. The van der Waals surface area contributed by atoms with E-state index in [1.54, 1.807) is 0 Å². The van der Waals surface area contributed by atoms with Gasteiger partial charge in [0.2, 0.25) is 0 Å². The smallest absolute Gasteiger partial charge is 0.309 e. The van der Waals surface area contributed by atoms with Crippen molar-refractivity contribution in [2.24, 2.45) is 5.92 Å². The van der Waals surface area contributed by atoms with Crippen molar-refractivity contribution in [1.82, 2.24) is 0 Å². The molecular formula is C18H32O4. The highest BCUT2D eigenvalue weighted by molar-refractivity contribution is 5.74. The van der Waals surface area contributed by atoms with Crippen LogP contribution in [0.4, 0.5) is 0 Å². The van der Waals surface area contributed by atoms with Crippen LogP contribution in [0.2, 0.25) is 0 Å². The third-order valence-electron chi connectivity index (χ3n) is 4.45. The van der Waals surface area contributed by atoms with Crippen LogP contribution in [-0.2, 0) is 19.1 Å². The van der Waals surface area contributed by atoms with Gasteiger partial charge in [-0.3, -0.25) is 9.59 Å². The molecule has 0 aromatic heterocycles. The van der Waals surface area contributed by atoms with Crippen LogP contribution in [0.5, 0.6) is 0 Å². The highest BCUT2D eigenvalue weighted by Crippen LogP contribution is 2.28. The predicted octanol–water partition coefficient (Wildman–Crippen LogP) is 4.40. The minimum absolute atomic E-state index is 0.0289. The molecule has 0 radical (unpaired) electrons. The second kappa shape index (κ2) is 11.5. The number of carbonyl (C=O) groups is 2. The van der Waals surface area contributed by atoms with Gasteiger partial charge in [0.1, 0.15) is 6.10 Å². The van der Waals surface area contributed by atoms with Gasteiger partial charge in [0, 0.05) is 6.42 Å². The van der Waals surface area contributed by atoms with Gasteiger partial charge >= 0.3 is 11.9 Å². The first-order valence-electron chi connectivity index (χ1n) is 8.94. The Kier molecular flexibility index (Phi) is 9.93. The van der Waals surface area contributed by atoms with Gasteiger partial charge in [-0.15, -0.1) is 0 Å². The molecular weight excluding hydrogens is 280 g/mol. The summed E-state index contributed by atoms with van der Waals surface area (Å²) in [5.41, 5.74) is 0. The van der Waals surface area contributed by atoms with Gasteiger partial charge in [-0.2, -0.15) is 0 Å². The van der Waals surface area contributed by atoms with Gasteiger partial charge in [0.25, 0.3) is 0 Å². The summed E-state index contributed by atoms with van der Waals surface area (Å²) in [4.78, 5) is 22.7. The first kappa shape index (κ1) is 19.0. The number of hydrogen-bond acceptors (Lipinski definition) is 4. The molecule has 1 aliphatic heterocycles. The van der Waals surface area contributed by atoms with Crippen LogP contribution in [-0.4, -0.2) is 25.2 Å². The average Bonchev–Trinajstić information content (AvgIpc) is 2.87. The number of ether oxygens (including phenoxy) is 2. The van der Waals surface area contributed by atoms with Crippen molar-refractivity contribution in [3.63, 3.8) is 0 Å². The van der Waals surface area contributed by atoms with Crippen LogP contribution < -0.4 is 0 Å². The second-order valence-corrected chi connectivity index (χ2v) is 6.37. The Hall–Kier alpha value is -1.06. The van der Waals surface area contributed by atoms with E-state index in [0.717, 1.165) is 51.4 Å². The van der Waals surface area contributed by atoms with E-state index in [-0.39, 0.29) is 24.0 Å². The Morgan fingerprint density at radius 3 is 2.45 bits per heavy atom. The van der Waals surface area contributed by atoms with Crippen molar-refractivity contribution in [3.05, 3.63) is 0 Å². The third-order valence-corrected chi connectivity index (χ3v) is 4.45. The van der Waals surface area contributed by atoms with Gasteiger partial charge in [-0.05, 0) is 32.1 Å². The predicted molar refractivity (Wildman–Crippen MR) is 86.5 cm³/mol. The molecule has 0 saturated carbocycles. The molecule has 0 aliphatic carbocycles. The maximum absolute atomic E-state index is 11.7. The molecule has 4 nitrogen and oxygen atoms in total. The van der Waals surface area contributed by atoms with E-state index in [1.165, 1.54) is 26.4 Å². The van der Waals surface area contributed by atoms with Crippen LogP contribution in [0.1, 0.15) is 84.0 Å². The number of esters is 2. The summed E-state index contributed by atoms with van der Waals surface area (Å²) in [7, 11) is 1.44. The van der Waals surface area contributed by atoms with Crippen LogP contribution in [0.15, 0.2) is 0 Å². The van der Waals surface area contributed by atoms with E-state index >= 15 is 0 Å². The highest BCUT2D eigenvalue weighted by Gasteiger charge is 2.33. The molecule has 0 aromatic carbocycles. The normalized spacial score (nSPS) is 20.9. The third kappa shape index (κ3) is 7.81. The Morgan fingerprint density at radius 2 is 1.77 bits per heavy atom. The van der Waals surface area contributed by atoms with Crippen LogP contribution in [0.25, 0.3) is 0 Å². The molecule has 2 unspecified atom stereocenters. The molecule has 22 heavy (non-hydrogen) atoms. The van der Waals surface area contributed by atoms with Crippen molar-refractivity contribution >= 4 is 11.9 Å². The van der Waals surface area contributed by atoms with Crippen molar-refractivity contribution in [2.45, 2.75) is 90.1 Å². The summed E-state index contributed by atoms with van der Waals surface area (Å²) < 4.78 is 10.1. The van der Waals surface area contributed by atoms with Crippen molar-refractivity contribution in [3.8, 4) is 0 Å². The zero-order valence-corrected chi connectivity index (χ0v) is 14.3. The summed E-state index contributed by atoms with van der Waals surface area (Å²) in [6, 6.07) is 0. The van der Waals surface area contributed by atoms with E-state index in [4.69, 9.17) is 4.74 Å². The molecule has 0 spiro atoms. The zero-order chi connectivity index (χ0) is 16.2. The topological polar surface area (TPSA) is 52.6 Å². The largest absolute Gasteiger partial charge is 0.469 e. The van der Waals surface area contributed by atoms with Crippen molar-refractivity contribution < 1.29 is 19.1 Å². The molecule has 1 aliphatic rings. The summed E-state index contributed by atoms with van der Waals surface area (Å²) in [6.07, 6.45) is 12.6. The number of carbonyl (C=O) groups excluding carboxylic acids is 2. The Morgan fingerprint density at radius 1 is 1.09 bits per heavy atom. The molecule has 1 saturated heterocycles. The molecule has 0 N–H and O–H groups in total.